The minimum atomic E-state index is -0.344. The van der Waals surface area contributed by atoms with Crippen LogP contribution in [0.4, 0.5) is 0 Å². The average Bonchev–Trinajstić information content (AvgIpc) is 2.99. The zero-order valence-electron chi connectivity index (χ0n) is 14.3. The summed E-state index contributed by atoms with van der Waals surface area (Å²) in [4.78, 5) is 17.4. The van der Waals surface area contributed by atoms with Gasteiger partial charge in [-0.2, -0.15) is 10.3 Å². The molecule has 0 fully saturated rings. The molecule has 130 valence electrons. The van der Waals surface area contributed by atoms with Crippen molar-refractivity contribution in [2.24, 2.45) is 4.99 Å². The van der Waals surface area contributed by atoms with Crippen LogP contribution >= 0.6 is 11.3 Å². The molecular formula is C20H17N3O2S. The van der Waals surface area contributed by atoms with E-state index in [4.69, 9.17) is 10.00 Å². The molecule has 3 rings (SSSR count). The number of carbonyl (C=O) groups excluding carboxylic acids is 1. The molecule has 0 saturated carbocycles. The fraction of sp³-hybridized carbons (Fsp3) is 0.150. The van der Waals surface area contributed by atoms with E-state index in [1.54, 1.807) is 30.3 Å². The van der Waals surface area contributed by atoms with E-state index >= 15 is 0 Å². The number of carbonyl (C=O) groups is 1. The van der Waals surface area contributed by atoms with Crippen molar-refractivity contribution >= 4 is 27.5 Å². The maximum absolute atomic E-state index is 12.5. The maximum Gasteiger partial charge on any atom is 0.279 e. The highest BCUT2D eigenvalue weighted by molar-refractivity contribution is 7.16. The number of allylic oxidation sites excluding steroid dienone is 1. The van der Waals surface area contributed by atoms with Gasteiger partial charge >= 0.3 is 0 Å². The Kier molecular flexibility index (Phi) is 5.30. The van der Waals surface area contributed by atoms with Crippen LogP contribution in [0.1, 0.15) is 22.8 Å². The summed E-state index contributed by atoms with van der Waals surface area (Å²) in [7, 11) is 0. The first-order valence-corrected chi connectivity index (χ1v) is 8.94. The first-order valence-electron chi connectivity index (χ1n) is 8.12. The van der Waals surface area contributed by atoms with Gasteiger partial charge in [-0.3, -0.25) is 4.79 Å². The van der Waals surface area contributed by atoms with Crippen molar-refractivity contribution in [2.45, 2.75) is 13.5 Å². The zero-order chi connectivity index (χ0) is 18.5. The van der Waals surface area contributed by atoms with Crippen LogP contribution in [0, 0.1) is 11.3 Å². The summed E-state index contributed by atoms with van der Waals surface area (Å²) in [6.07, 6.45) is 1.77. The first-order chi connectivity index (χ1) is 12.7. The Bertz CT molecular complexity index is 1070. The van der Waals surface area contributed by atoms with Crippen molar-refractivity contribution < 1.29 is 9.53 Å². The molecule has 0 spiro atoms. The fourth-order valence-electron chi connectivity index (χ4n) is 2.54. The molecule has 0 unspecified atom stereocenters. The number of hydrogen-bond donors (Lipinski definition) is 0. The van der Waals surface area contributed by atoms with E-state index in [9.17, 15) is 4.79 Å². The molecule has 0 aliphatic carbocycles. The minimum Gasteiger partial charge on any atom is -0.494 e. The Morgan fingerprint density at radius 3 is 2.77 bits per heavy atom. The van der Waals surface area contributed by atoms with Crippen LogP contribution in [-0.2, 0) is 6.54 Å². The highest BCUT2D eigenvalue weighted by Gasteiger charge is 2.10. The van der Waals surface area contributed by atoms with Crippen LogP contribution in [0.2, 0.25) is 0 Å². The molecular weight excluding hydrogens is 346 g/mol. The van der Waals surface area contributed by atoms with Gasteiger partial charge < -0.3 is 9.30 Å². The topological polar surface area (TPSA) is 67.4 Å². The van der Waals surface area contributed by atoms with Gasteiger partial charge in [0.15, 0.2) is 4.80 Å². The first kappa shape index (κ1) is 17.6. The Morgan fingerprint density at radius 1 is 1.35 bits per heavy atom. The van der Waals surface area contributed by atoms with Gasteiger partial charge in [0.25, 0.3) is 5.91 Å². The molecule has 1 aromatic heterocycles. The average molecular weight is 363 g/mol. The molecule has 0 N–H and O–H groups in total. The molecule has 3 aromatic rings. The van der Waals surface area contributed by atoms with Gasteiger partial charge in [0.1, 0.15) is 5.75 Å². The van der Waals surface area contributed by atoms with Crippen LogP contribution in [0.3, 0.4) is 0 Å². The van der Waals surface area contributed by atoms with Gasteiger partial charge in [0, 0.05) is 12.1 Å². The number of thiazole rings is 1. The summed E-state index contributed by atoms with van der Waals surface area (Å²) in [5, 5.41) is 8.86. The lowest BCUT2D eigenvalue weighted by Gasteiger charge is -2.04. The van der Waals surface area contributed by atoms with Crippen molar-refractivity contribution in [3.8, 4) is 11.8 Å². The highest BCUT2D eigenvalue weighted by atomic mass is 32.1. The predicted molar refractivity (Wildman–Crippen MR) is 102 cm³/mol. The number of fused-ring (bicyclic) bond motifs is 1. The molecule has 0 saturated heterocycles. The molecule has 0 bridgehead atoms. The number of benzene rings is 2. The largest absolute Gasteiger partial charge is 0.494 e. The Labute approximate surface area is 155 Å². The third-order valence-corrected chi connectivity index (χ3v) is 4.78. The summed E-state index contributed by atoms with van der Waals surface area (Å²) >= 11 is 1.43. The smallest absolute Gasteiger partial charge is 0.279 e. The van der Waals surface area contributed by atoms with Gasteiger partial charge in [-0.15, -0.1) is 6.58 Å². The predicted octanol–water partition coefficient (Wildman–Crippen LogP) is 3.90. The maximum atomic E-state index is 12.5. The summed E-state index contributed by atoms with van der Waals surface area (Å²) < 4.78 is 8.49. The normalized spacial score (nSPS) is 11.3. The number of nitrogens with zero attached hydrogens (tertiary/aromatic N) is 3. The minimum absolute atomic E-state index is 0.344. The number of amides is 1. The van der Waals surface area contributed by atoms with E-state index in [1.165, 1.54) is 11.3 Å². The van der Waals surface area contributed by atoms with Crippen LogP contribution in [0.15, 0.2) is 60.1 Å². The lowest BCUT2D eigenvalue weighted by atomic mass is 10.1. The quantitative estimate of drug-likeness (QED) is 0.646. The van der Waals surface area contributed by atoms with Crippen molar-refractivity contribution in [1.29, 1.82) is 5.26 Å². The molecule has 0 aliphatic heterocycles. The third-order valence-electron chi connectivity index (χ3n) is 3.74. The molecule has 0 radical (unpaired) electrons. The van der Waals surface area contributed by atoms with E-state index in [-0.39, 0.29) is 5.91 Å². The number of rotatable bonds is 5. The van der Waals surface area contributed by atoms with Gasteiger partial charge in [0.2, 0.25) is 0 Å². The lowest BCUT2D eigenvalue weighted by Crippen LogP contribution is -2.16. The Balaban J connectivity index is 2.07. The lowest BCUT2D eigenvalue weighted by molar-refractivity contribution is 0.0998. The van der Waals surface area contributed by atoms with E-state index in [2.05, 4.69) is 11.6 Å². The summed E-state index contributed by atoms with van der Waals surface area (Å²) in [5.41, 5.74) is 1.93. The number of ether oxygens (including phenoxy) is 1. The van der Waals surface area contributed by atoms with Gasteiger partial charge in [-0.25, -0.2) is 0 Å². The number of hydrogen-bond acceptors (Lipinski definition) is 4. The Hall–Kier alpha value is -3.17. The molecule has 26 heavy (non-hydrogen) atoms. The van der Waals surface area contributed by atoms with Gasteiger partial charge in [0.05, 0.1) is 28.5 Å². The second-order valence-corrected chi connectivity index (χ2v) is 6.46. The van der Waals surface area contributed by atoms with Gasteiger partial charge in [-0.05, 0) is 49.4 Å². The van der Waals surface area contributed by atoms with Crippen LogP contribution < -0.4 is 9.54 Å². The molecule has 0 atom stereocenters. The standard InChI is InChI=1S/C20H17N3O2S/c1-3-11-23-17-10-9-16(25-4-2)12-18(17)26-20(23)22-19(24)15-7-5-14(13-21)6-8-15/h3,5-10,12H,1,4,11H2,2H3. The molecule has 6 heteroatoms. The molecule has 0 aliphatic rings. The van der Waals surface area contributed by atoms with Crippen molar-refractivity contribution in [3.05, 3.63) is 71.0 Å². The Morgan fingerprint density at radius 2 is 2.12 bits per heavy atom. The van der Waals surface area contributed by atoms with E-state index in [0.29, 0.717) is 29.1 Å². The molecule has 5 nitrogen and oxygen atoms in total. The molecule has 2 aromatic carbocycles. The fourth-order valence-corrected chi connectivity index (χ4v) is 3.61. The number of nitriles is 1. The zero-order valence-corrected chi connectivity index (χ0v) is 15.1. The number of aromatic nitrogens is 1. The summed E-state index contributed by atoms with van der Waals surface area (Å²) in [6, 6.07) is 14.3. The third kappa shape index (κ3) is 3.58. The highest BCUT2D eigenvalue weighted by Crippen LogP contribution is 2.23. The van der Waals surface area contributed by atoms with Crippen molar-refractivity contribution in [1.82, 2.24) is 4.57 Å². The summed E-state index contributed by atoms with van der Waals surface area (Å²) in [5.74, 6) is 0.445. The van der Waals surface area contributed by atoms with Crippen LogP contribution in [0.25, 0.3) is 10.2 Å². The van der Waals surface area contributed by atoms with E-state index < -0.39 is 0 Å². The van der Waals surface area contributed by atoms with E-state index in [0.717, 1.165) is 16.0 Å². The summed E-state index contributed by atoms with van der Waals surface area (Å²) in [6.45, 7) is 6.87. The van der Waals surface area contributed by atoms with Crippen LogP contribution in [0.5, 0.6) is 5.75 Å². The van der Waals surface area contributed by atoms with Crippen molar-refractivity contribution in [3.63, 3.8) is 0 Å². The second kappa shape index (κ2) is 7.81. The SMILES string of the molecule is C=CCn1c(=NC(=O)c2ccc(C#N)cc2)sc2cc(OCC)ccc21. The van der Waals surface area contributed by atoms with Crippen molar-refractivity contribution in [2.75, 3.05) is 6.61 Å². The van der Waals surface area contributed by atoms with E-state index in [1.807, 2.05) is 35.8 Å². The molecule has 1 heterocycles. The molecule has 1 amide bonds. The second-order valence-electron chi connectivity index (χ2n) is 5.45. The van der Waals surface area contributed by atoms with Crippen LogP contribution in [-0.4, -0.2) is 17.1 Å². The van der Waals surface area contributed by atoms with Gasteiger partial charge in [-0.1, -0.05) is 17.4 Å². The monoisotopic (exact) mass is 363 g/mol.